The highest BCUT2D eigenvalue weighted by Gasteiger charge is 2.03. The first-order valence-electron chi connectivity index (χ1n) is 3.98. The number of ether oxygens (including phenoxy) is 2. The molecule has 13 heavy (non-hydrogen) atoms. The first-order chi connectivity index (χ1) is 6.26. The average molecular weight is 183 g/mol. The Morgan fingerprint density at radius 1 is 1.31 bits per heavy atom. The maximum absolute atomic E-state index is 10.8. The molecule has 0 fully saturated rings. The molecule has 0 N–H and O–H groups in total. The number of aromatic nitrogens is 1. The van der Waals surface area contributed by atoms with Crippen LogP contribution in [0.2, 0.25) is 0 Å². The highest BCUT2D eigenvalue weighted by atomic mass is 16.7. The maximum atomic E-state index is 10.8. The SMILES string of the molecule is COC(Cn1ccc(=O)cc1)OC. The van der Waals surface area contributed by atoms with Crippen molar-refractivity contribution in [1.29, 1.82) is 0 Å². The first kappa shape index (κ1) is 9.95. The zero-order valence-electron chi connectivity index (χ0n) is 7.77. The molecule has 0 unspecified atom stereocenters. The second kappa shape index (κ2) is 4.79. The van der Waals surface area contributed by atoms with Crippen molar-refractivity contribution in [3.63, 3.8) is 0 Å². The summed E-state index contributed by atoms with van der Waals surface area (Å²) in [6.07, 6.45) is 3.13. The molecule has 72 valence electrons. The Balaban J connectivity index is 2.63. The van der Waals surface area contributed by atoms with Gasteiger partial charge in [-0.3, -0.25) is 4.79 Å². The van der Waals surface area contributed by atoms with Gasteiger partial charge in [0.25, 0.3) is 0 Å². The summed E-state index contributed by atoms with van der Waals surface area (Å²) in [6, 6.07) is 3.00. The summed E-state index contributed by atoms with van der Waals surface area (Å²) in [4.78, 5) is 10.8. The Morgan fingerprint density at radius 3 is 2.31 bits per heavy atom. The summed E-state index contributed by atoms with van der Waals surface area (Å²) < 4.78 is 11.9. The van der Waals surface area contributed by atoms with Crippen molar-refractivity contribution >= 4 is 0 Å². The van der Waals surface area contributed by atoms with E-state index in [0.717, 1.165) is 0 Å². The predicted octanol–water partition coefficient (Wildman–Crippen LogP) is 0.467. The largest absolute Gasteiger partial charge is 0.354 e. The molecule has 0 aromatic carbocycles. The van der Waals surface area contributed by atoms with E-state index in [4.69, 9.17) is 9.47 Å². The summed E-state index contributed by atoms with van der Waals surface area (Å²) >= 11 is 0. The van der Waals surface area contributed by atoms with E-state index in [9.17, 15) is 4.79 Å². The summed E-state index contributed by atoms with van der Waals surface area (Å²) in [6.45, 7) is 0.577. The quantitative estimate of drug-likeness (QED) is 0.637. The van der Waals surface area contributed by atoms with Crippen LogP contribution in [0.3, 0.4) is 0 Å². The number of hydrogen-bond acceptors (Lipinski definition) is 3. The van der Waals surface area contributed by atoms with Crippen LogP contribution in [0.5, 0.6) is 0 Å². The molecule has 0 aliphatic heterocycles. The molecule has 4 nitrogen and oxygen atoms in total. The van der Waals surface area contributed by atoms with E-state index in [1.54, 1.807) is 26.6 Å². The number of pyridine rings is 1. The van der Waals surface area contributed by atoms with E-state index in [0.29, 0.717) is 6.54 Å². The molecule has 0 spiro atoms. The topological polar surface area (TPSA) is 40.5 Å². The van der Waals surface area contributed by atoms with E-state index in [1.165, 1.54) is 12.1 Å². The molecule has 0 saturated heterocycles. The van der Waals surface area contributed by atoms with Gasteiger partial charge in [0.05, 0.1) is 6.54 Å². The van der Waals surface area contributed by atoms with E-state index in [-0.39, 0.29) is 11.7 Å². The van der Waals surface area contributed by atoms with Gasteiger partial charge >= 0.3 is 0 Å². The van der Waals surface area contributed by atoms with Gasteiger partial charge in [-0.05, 0) is 0 Å². The van der Waals surface area contributed by atoms with Crippen LogP contribution in [0.15, 0.2) is 29.3 Å². The number of hydrogen-bond donors (Lipinski definition) is 0. The minimum absolute atomic E-state index is 0.00244. The minimum Gasteiger partial charge on any atom is -0.354 e. The molecular formula is C9H13NO3. The minimum atomic E-state index is -0.275. The average Bonchev–Trinajstić information content (AvgIpc) is 2.17. The maximum Gasteiger partial charge on any atom is 0.181 e. The van der Waals surface area contributed by atoms with Gasteiger partial charge in [0, 0.05) is 38.7 Å². The second-order valence-electron chi connectivity index (χ2n) is 2.63. The van der Waals surface area contributed by atoms with Crippen LogP contribution >= 0.6 is 0 Å². The van der Waals surface area contributed by atoms with Crippen molar-refractivity contribution in [2.75, 3.05) is 14.2 Å². The Hall–Kier alpha value is -1.13. The second-order valence-corrected chi connectivity index (χ2v) is 2.63. The standard InChI is InChI=1S/C9H13NO3/c1-12-9(13-2)7-10-5-3-8(11)4-6-10/h3-6,9H,7H2,1-2H3. The lowest BCUT2D eigenvalue weighted by molar-refractivity contribution is -0.111. The van der Waals surface area contributed by atoms with Gasteiger partial charge in [0.15, 0.2) is 11.7 Å². The third kappa shape index (κ3) is 3.01. The summed E-state index contributed by atoms with van der Waals surface area (Å²) in [7, 11) is 3.16. The zero-order valence-corrected chi connectivity index (χ0v) is 7.77. The normalized spacial score (nSPS) is 10.7. The Bertz CT molecular complexity index is 283. The van der Waals surface area contributed by atoms with Gasteiger partial charge in [0.1, 0.15) is 0 Å². The lowest BCUT2D eigenvalue weighted by atomic mass is 10.4. The fraction of sp³-hybridized carbons (Fsp3) is 0.444. The van der Waals surface area contributed by atoms with Gasteiger partial charge in [0.2, 0.25) is 0 Å². The summed E-state index contributed by atoms with van der Waals surface area (Å²) in [5.41, 5.74) is 0.00244. The monoisotopic (exact) mass is 183 g/mol. The molecule has 0 aliphatic rings. The van der Waals surface area contributed by atoms with Gasteiger partial charge < -0.3 is 14.0 Å². The lowest BCUT2D eigenvalue weighted by Crippen LogP contribution is -2.20. The van der Waals surface area contributed by atoms with E-state index in [1.807, 2.05) is 4.57 Å². The van der Waals surface area contributed by atoms with Crippen LogP contribution in [0.25, 0.3) is 0 Å². The van der Waals surface area contributed by atoms with Crippen LogP contribution in [0.4, 0.5) is 0 Å². The molecule has 1 aromatic rings. The van der Waals surface area contributed by atoms with Crippen molar-refractivity contribution < 1.29 is 9.47 Å². The molecule has 0 atom stereocenters. The molecule has 4 heteroatoms. The number of rotatable bonds is 4. The van der Waals surface area contributed by atoms with E-state index < -0.39 is 0 Å². The summed E-state index contributed by atoms with van der Waals surface area (Å²) in [5, 5.41) is 0. The molecule has 0 aliphatic carbocycles. The molecule has 1 aromatic heterocycles. The van der Waals surface area contributed by atoms with E-state index >= 15 is 0 Å². The highest BCUT2D eigenvalue weighted by molar-refractivity contribution is 4.93. The zero-order chi connectivity index (χ0) is 9.68. The molecule has 1 heterocycles. The van der Waals surface area contributed by atoms with Crippen LogP contribution < -0.4 is 5.43 Å². The molecule has 0 radical (unpaired) electrons. The Labute approximate surface area is 76.7 Å². The number of methoxy groups -OCH3 is 2. The van der Waals surface area contributed by atoms with Crippen molar-refractivity contribution in [3.05, 3.63) is 34.7 Å². The fourth-order valence-electron chi connectivity index (χ4n) is 0.983. The van der Waals surface area contributed by atoms with Crippen LogP contribution in [-0.2, 0) is 16.0 Å². The molecule has 0 amide bonds. The van der Waals surface area contributed by atoms with Crippen molar-refractivity contribution in [2.45, 2.75) is 12.8 Å². The lowest BCUT2D eigenvalue weighted by Gasteiger charge is -2.14. The third-order valence-electron chi connectivity index (χ3n) is 1.75. The van der Waals surface area contributed by atoms with Crippen LogP contribution in [0, 0.1) is 0 Å². The van der Waals surface area contributed by atoms with E-state index in [2.05, 4.69) is 0 Å². The first-order valence-corrected chi connectivity index (χ1v) is 3.98. The summed E-state index contributed by atoms with van der Waals surface area (Å²) in [5.74, 6) is 0. The third-order valence-corrected chi connectivity index (χ3v) is 1.75. The van der Waals surface area contributed by atoms with Crippen LogP contribution in [-0.4, -0.2) is 25.1 Å². The molecule has 0 bridgehead atoms. The predicted molar refractivity (Wildman–Crippen MR) is 48.5 cm³/mol. The molecule has 0 saturated carbocycles. The fourth-order valence-corrected chi connectivity index (χ4v) is 0.983. The molecular weight excluding hydrogens is 170 g/mol. The van der Waals surface area contributed by atoms with Crippen LogP contribution in [0.1, 0.15) is 0 Å². The Morgan fingerprint density at radius 2 is 1.85 bits per heavy atom. The smallest absolute Gasteiger partial charge is 0.181 e. The highest BCUT2D eigenvalue weighted by Crippen LogP contribution is 1.95. The number of nitrogens with zero attached hydrogens (tertiary/aromatic N) is 1. The van der Waals surface area contributed by atoms with Gasteiger partial charge in [-0.15, -0.1) is 0 Å². The van der Waals surface area contributed by atoms with Crippen molar-refractivity contribution in [1.82, 2.24) is 4.57 Å². The van der Waals surface area contributed by atoms with Crippen molar-refractivity contribution in [3.8, 4) is 0 Å². The molecule has 1 rings (SSSR count). The van der Waals surface area contributed by atoms with Gasteiger partial charge in [-0.25, -0.2) is 0 Å². The Kier molecular flexibility index (Phi) is 3.67. The van der Waals surface area contributed by atoms with Gasteiger partial charge in [-0.2, -0.15) is 0 Å². The van der Waals surface area contributed by atoms with Gasteiger partial charge in [-0.1, -0.05) is 0 Å². The van der Waals surface area contributed by atoms with Crippen molar-refractivity contribution in [2.24, 2.45) is 0 Å².